The van der Waals surface area contributed by atoms with Crippen molar-refractivity contribution in [2.24, 2.45) is 0 Å². The third kappa shape index (κ3) is 6.25. The van der Waals surface area contributed by atoms with Gasteiger partial charge in [0.2, 0.25) is 0 Å². The average Bonchev–Trinajstić information content (AvgIpc) is 2.46. The van der Waals surface area contributed by atoms with Crippen LogP contribution in [0.5, 0.6) is 0 Å². The van der Waals surface area contributed by atoms with Gasteiger partial charge in [-0.25, -0.2) is 0 Å². The standard InChI is InChI=1S/C9H12BrN.C7H8O3S/c1-3-8-5-7(10)6-9(4-2)11-8;1-6-2-4-7(5-3-6)11(8,9)10/h5-6H,3-4H2,1-2H3;2-5H,1H3,(H,8,9,10). The zero-order chi connectivity index (χ0) is 16.8. The number of hydrogen-bond acceptors (Lipinski definition) is 3. The predicted molar refractivity (Wildman–Crippen MR) is 91.7 cm³/mol. The van der Waals surface area contributed by atoms with Crippen molar-refractivity contribution < 1.29 is 13.0 Å². The molecule has 22 heavy (non-hydrogen) atoms. The maximum atomic E-state index is 10.5. The summed E-state index contributed by atoms with van der Waals surface area (Å²) in [5.74, 6) is 0. The van der Waals surface area contributed by atoms with E-state index in [1.807, 2.05) is 6.92 Å². The molecule has 1 aromatic carbocycles. The summed E-state index contributed by atoms with van der Waals surface area (Å²) in [4.78, 5) is 4.37. The molecule has 0 fully saturated rings. The first-order valence-corrected chi connectivity index (χ1v) is 9.19. The second-order valence-electron chi connectivity index (χ2n) is 4.76. The molecule has 1 aromatic heterocycles. The molecule has 0 saturated carbocycles. The highest BCUT2D eigenvalue weighted by Gasteiger charge is 2.06. The topological polar surface area (TPSA) is 67.3 Å². The maximum Gasteiger partial charge on any atom is 0.294 e. The van der Waals surface area contributed by atoms with Crippen molar-refractivity contribution in [3.8, 4) is 0 Å². The van der Waals surface area contributed by atoms with Crippen LogP contribution in [0.25, 0.3) is 0 Å². The monoisotopic (exact) mass is 385 g/mol. The molecule has 0 atom stereocenters. The van der Waals surface area contributed by atoms with Gasteiger partial charge in [0.1, 0.15) is 0 Å². The number of aromatic nitrogens is 1. The van der Waals surface area contributed by atoms with Gasteiger partial charge in [-0.2, -0.15) is 8.42 Å². The number of hydrogen-bond donors (Lipinski definition) is 1. The first-order chi connectivity index (χ1) is 10.3. The Labute approximate surface area is 140 Å². The van der Waals surface area contributed by atoms with E-state index < -0.39 is 10.1 Å². The average molecular weight is 386 g/mol. The van der Waals surface area contributed by atoms with Crippen molar-refractivity contribution in [3.05, 3.63) is 57.8 Å². The lowest BCUT2D eigenvalue weighted by Crippen LogP contribution is -1.96. The maximum absolute atomic E-state index is 10.5. The number of nitrogens with zero attached hydrogens (tertiary/aromatic N) is 1. The molecule has 0 bridgehead atoms. The van der Waals surface area contributed by atoms with Gasteiger partial charge < -0.3 is 0 Å². The molecule has 6 heteroatoms. The number of pyridine rings is 1. The fourth-order valence-electron chi connectivity index (χ4n) is 1.68. The van der Waals surface area contributed by atoms with E-state index in [1.165, 1.54) is 12.1 Å². The molecule has 0 aliphatic heterocycles. The van der Waals surface area contributed by atoms with Crippen molar-refractivity contribution in [2.45, 2.75) is 38.5 Å². The molecule has 4 nitrogen and oxygen atoms in total. The fraction of sp³-hybridized carbons (Fsp3) is 0.312. The van der Waals surface area contributed by atoms with Crippen molar-refractivity contribution in [3.63, 3.8) is 0 Å². The molecule has 0 radical (unpaired) electrons. The highest BCUT2D eigenvalue weighted by Crippen LogP contribution is 2.13. The Morgan fingerprint density at radius 2 is 1.50 bits per heavy atom. The summed E-state index contributed by atoms with van der Waals surface area (Å²) in [7, 11) is -4.02. The van der Waals surface area contributed by atoms with Gasteiger partial charge >= 0.3 is 0 Å². The highest BCUT2D eigenvalue weighted by atomic mass is 79.9. The van der Waals surface area contributed by atoms with Gasteiger partial charge in [-0.05, 0) is 44.0 Å². The summed E-state index contributed by atoms with van der Waals surface area (Å²) in [5.41, 5.74) is 3.28. The number of benzene rings is 1. The minimum Gasteiger partial charge on any atom is -0.282 e. The van der Waals surface area contributed by atoms with Crippen LogP contribution in [0.4, 0.5) is 0 Å². The van der Waals surface area contributed by atoms with Crippen LogP contribution in [0.2, 0.25) is 0 Å². The highest BCUT2D eigenvalue weighted by molar-refractivity contribution is 9.10. The number of rotatable bonds is 3. The van der Waals surface area contributed by atoms with Crippen molar-refractivity contribution in [2.75, 3.05) is 0 Å². The molecule has 2 rings (SSSR count). The van der Waals surface area contributed by atoms with Crippen LogP contribution in [0.15, 0.2) is 45.8 Å². The van der Waals surface area contributed by atoms with Gasteiger partial charge in [-0.3, -0.25) is 9.54 Å². The molecule has 0 saturated heterocycles. The molecule has 0 aliphatic rings. The number of aryl methyl sites for hydroxylation is 3. The Bertz CT molecular complexity index is 690. The van der Waals surface area contributed by atoms with Crippen LogP contribution >= 0.6 is 15.9 Å². The Morgan fingerprint density at radius 1 is 1.05 bits per heavy atom. The third-order valence-corrected chi connectivity index (χ3v) is 4.27. The molecular weight excluding hydrogens is 366 g/mol. The van der Waals surface area contributed by atoms with E-state index in [-0.39, 0.29) is 4.90 Å². The molecule has 0 amide bonds. The van der Waals surface area contributed by atoms with Gasteiger partial charge in [0.25, 0.3) is 10.1 Å². The fourth-order valence-corrected chi connectivity index (χ4v) is 2.69. The molecule has 0 aliphatic carbocycles. The van der Waals surface area contributed by atoms with E-state index in [0.29, 0.717) is 0 Å². The quantitative estimate of drug-likeness (QED) is 0.803. The second kappa shape index (κ2) is 8.41. The van der Waals surface area contributed by atoms with Gasteiger partial charge in [0, 0.05) is 15.9 Å². The van der Waals surface area contributed by atoms with Gasteiger partial charge in [0.15, 0.2) is 0 Å². The first-order valence-electron chi connectivity index (χ1n) is 6.95. The lowest BCUT2D eigenvalue weighted by atomic mass is 10.2. The summed E-state index contributed by atoms with van der Waals surface area (Å²) in [6, 6.07) is 10.1. The van der Waals surface area contributed by atoms with E-state index in [1.54, 1.807) is 12.1 Å². The van der Waals surface area contributed by atoms with Crippen LogP contribution in [0, 0.1) is 6.92 Å². The summed E-state index contributed by atoms with van der Waals surface area (Å²) in [5, 5.41) is 0. The molecule has 1 heterocycles. The van der Waals surface area contributed by atoms with Crippen molar-refractivity contribution >= 4 is 26.0 Å². The second-order valence-corrected chi connectivity index (χ2v) is 7.10. The Morgan fingerprint density at radius 3 is 1.86 bits per heavy atom. The Kier molecular flexibility index (Phi) is 7.19. The largest absolute Gasteiger partial charge is 0.294 e. The minimum absolute atomic E-state index is 0.0666. The summed E-state index contributed by atoms with van der Waals surface area (Å²) >= 11 is 3.45. The zero-order valence-electron chi connectivity index (χ0n) is 12.9. The zero-order valence-corrected chi connectivity index (χ0v) is 15.3. The summed E-state index contributed by atoms with van der Waals surface area (Å²) in [6.07, 6.45) is 2.01. The summed E-state index contributed by atoms with van der Waals surface area (Å²) in [6.45, 7) is 6.08. The van der Waals surface area contributed by atoms with E-state index in [9.17, 15) is 8.42 Å². The Hall–Kier alpha value is -1.24. The molecular formula is C16H20BrNO3S. The van der Waals surface area contributed by atoms with Crippen molar-refractivity contribution in [1.82, 2.24) is 4.98 Å². The summed E-state index contributed by atoms with van der Waals surface area (Å²) < 4.78 is 30.7. The molecule has 0 unspecified atom stereocenters. The van der Waals surface area contributed by atoms with Crippen LogP contribution in [-0.4, -0.2) is 18.0 Å². The van der Waals surface area contributed by atoms with Crippen LogP contribution in [0.1, 0.15) is 30.8 Å². The minimum atomic E-state index is -4.02. The van der Waals surface area contributed by atoms with E-state index >= 15 is 0 Å². The SMILES string of the molecule is CCc1cc(Br)cc(CC)n1.Cc1ccc(S(=O)(=O)O)cc1. The van der Waals surface area contributed by atoms with Crippen molar-refractivity contribution in [1.29, 1.82) is 0 Å². The smallest absolute Gasteiger partial charge is 0.282 e. The van der Waals surface area contributed by atoms with E-state index in [2.05, 4.69) is 46.9 Å². The van der Waals surface area contributed by atoms with Gasteiger partial charge in [0.05, 0.1) is 4.90 Å². The Balaban J connectivity index is 0.000000220. The lowest BCUT2D eigenvalue weighted by molar-refractivity contribution is 0.483. The third-order valence-electron chi connectivity index (χ3n) is 2.94. The van der Waals surface area contributed by atoms with Gasteiger partial charge in [-0.15, -0.1) is 0 Å². The van der Waals surface area contributed by atoms with Crippen LogP contribution in [0.3, 0.4) is 0 Å². The van der Waals surface area contributed by atoms with E-state index in [4.69, 9.17) is 4.55 Å². The van der Waals surface area contributed by atoms with Crippen LogP contribution < -0.4 is 0 Å². The normalized spacial score (nSPS) is 10.8. The molecule has 1 N–H and O–H groups in total. The van der Waals surface area contributed by atoms with Gasteiger partial charge in [-0.1, -0.05) is 47.5 Å². The number of halogens is 1. The molecule has 120 valence electrons. The predicted octanol–water partition coefficient (Wildman–Crippen LogP) is 4.21. The van der Waals surface area contributed by atoms with E-state index in [0.717, 1.165) is 34.3 Å². The van der Waals surface area contributed by atoms with Crippen LogP contribution in [-0.2, 0) is 23.0 Å². The first kappa shape index (κ1) is 18.8. The molecule has 2 aromatic rings. The lowest BCUT2D eigenvalue weighted by Gasteiger charge is -2.00. The molecule has 0 spiro atoms.